The molecule has 1 amide bonds. The number of aromatic nitrogens is 2. The summed E-state index contributed by atoms with van der Waals surface area (Å²) >= 11 is 0. The van der Waals surface area contributed by atoms with Gasteiger partial charge in [0.25, 0.3) is 5.91 Å². The van der Waals surface area contributed by atoms with Gasteiger partial charge in [0.05, 0.1) is 6.54 Å². The summed E-state index contributed by atoms with van der Waals surface area (Å²) in [5.74, 6) is -1.16. The van der Waals surface area contributed by atoms with E-state index < -0.39 is 12.1 Å². The van der Waals surface area contributed by atoms with Gasteiger partial charge in [-0.15, -0.1) is 0 Å². The van der Waals surface area contributed by atoms with Gasteiger partial charge in [0, 0.05) is 24.1 Å². The van der Waals surface area contributed by atoms with Gasteiger partial charge in [-0.1, -0.05) is 35.0 Å². The number of likely N-dealkylation sites (tertiary alicyclic amines) is 1. The number of ether oxygens (including phenoxy) is 1. The molecular weight excluding hydrogens is 399 g/mol. The lowest BCUT2D eigenvalue weighted by molar-refractivity contribution is -0.159. The number of nitrogens with zero attached hydrogens (tertiary/aromatic N) is 3. The fraction of sp³-hybridized carbons (Fsp3) is 0.286. The molecular formula is C21H18F3N3O3. The highest BCUT2D eigenvalue weighted by Gasteiger charge is 2.38. The first kappa shape index (κ1) is 19.9. The van der Waals surface area contributed by atoms with Crippen molar-refractivity contribution in [2.24, 2.45) is 0 Å². The average molecular weight is 417 g/mol. The van der Waals surface area contributed by atoms with E-state index in [4.69, 9.17) is 4.74 Å². The summed E-state index contributed by atoms with van der Waals surface area (Å²) in [7, 11) is 0. The Morgan fingerprint density at radius 1 is 1.20 bits per heavy atom. The minimum absolute atomic E-state index is 0.0543. The molecule has 1 aliphatic heterocycles. The van der Waals surface area contributed by atoms with E-state index in [-0.39, 0.29) is 17.8 Å². The standard InChI is InChI=1S/C21H18F3N3O3/c1-13-5-7-14(8-6-13)19(28)27-10-9-17(12-27)29-16-4-2-3-15(11-16)18-25-20(30-26-18)21(22,23)24/h2-8,11,17H,9-10,12H2,1H3/t17-/m0/s1. The van der Waals surface area contributed by atoms with E-state index in [1.54, 1.807) is 41.3 Å². The average Bonchev–Trinajstić information content (AvgIpc) is 3.38. The second-order valence-electron chi connectivity index (χ2n) is 7.09. The Morgan fingerprint density at radius 3 is 2.67 bits per heavy atom. The maximum absolute atomic E-state index is 12.7. The van der Waals surface area contributed by atoms with E-state index in [2.05, 4.69) is 14.7 Å². The van der Waals surface area contributed by atoms with Crippen molar-refractivity contribution in [3.63, 3.8) is 0 Å². The number of amides is 1. The predicted molar refractivity (Wildman–Crippen MR) is 101 cm³/mol. The van der Waals surface area contributed by atoms with Gasteiger partial charge in [-0.3, -0.25) is 4.79 Å². The summed E-state index contributed by atoms with van der Waals surface area (Å²) in [5, 5.41) is 3.39. The van der Waals surface area contributed by atoms with E-state index >= 15 is 0 Å². The third-order valence-electron chi connectivity index (χ3n) is 4.79. The number of carbonyl (C=O) groups excluding carboxylic acids is 1. The monoisotopic (exact) mass is 417 g/mol. The molecule has 6 nitrogen and oxygen atoms in total. The Bertz CT molecular complexity index is 1050. The Morgan fingerprint density at radius 2 is 1.97 bits per heavy atom. The number of hydrogen-bond donors (Lipinski definition) is 0. The number of hydrogen-bond acceptors (Lipinski definition) is 5. The highest BCUT2D eigenvalue weighted by atomic mass is 19.4. The highest BCUT2D eigenvalue weighted by molar-refractivity contribution is 5.94. The van der Waals surface area contributed by atoms with Crippen molar-refractivity contribution >= 4 is 5.91 Å². The van der Waals surface area contributed by atoms with Crippen molar-refractivity contribution in [1.82, 2.24) is 15.0 Å². The minimum atomic E-state index is -4.70. The highest BCUT2D eigenvalue weighted by Crippen LogP contribution is 2.30. The molecule has 1 aliphatic rings. The van der Waals surface area contributed by atoms with Crippen molar-refractivity contribution in [1.29, 1.82) is 0 Å². The SMILES string of the molecule is Cc1ccc(C(=O)N2CC[C@H](Oc3cccc(-c4noc(C(F)(F)F)n4)c3)C2)cc1. The van der Waals surface area contributed by atoms with Gasteiger partial charge in [0.2, 0.25) is 5.82 Å². The normalized spacial score (nSPS) is 16.7. The van der Waals surface area contributed by atoms with Crippen molar-refractivity contribution in [3.8, 4) is 17.1 Å². The number of halogens is 3. The molecule has 4 rings (SSSR count). The van der Waals surface area contributed by atoms with Crippen LogP contribution in [0.5, 0.6) is 5.75 Å². The molecule has 0 N–H and O–H groups in total. The molecule has 3 aromatic rings. The second kappa shape index (κ2) is 7.81. The number of carbonyl (C=O) groups is 1. The van der Waals surface area contributed by atoms with E-state index in [9.17, 15) is 18.0 Å². The zero-order valence-electron chi connectivity index (χ0n) is 16.0. The van der Waals surface area contributed by atoms with E-state index in [0.717, 1.165) is 5.56 Å². The first-order valence-electron chi connectivity index (χ1n) is 9.33. The van der Waals surface area contributed by atoms with Gasteiger partial charge < -0.3 is 14.2 Å². The van der Waals surface area contributed by atoms with Crippen LogP contribution in [0.3, 0.4) is 0 Å². The molecule has 0 saturated carbocycles. The second-order valence-corrected chi connectivity index (χ2v) is 7.09. The fourth-order valence-electron chi connectivity index (χ4n) is 3.24. The van der Waals surface area contributed by atoms with Crippen LogP contribution < -0.4 is 4.74 Å². The van der Waals surface area contributed by atoms with Crippen LogP contribution in [0.1, 0.15) is 28.2 Å². The van der Waals surface area contributed by atoms with E-state index in [1.165, 1.54) is 0 Å². The molecule has 9 heteroatoms. The van der Waals surface area contributed by atoms with Gasteiger partial charge in [0.1, 0.15) is 11.9 Å². The molecule has 0 unspecified atom stereocenters. The predicted octanol–water partition coefficient (Wildman–Crippen LogP) is 4.36. The van der Waals surface area contributed by atoms with Crippen LogP contribution in [-0.2, 0) is 6.18 Å². The fourth-order valence-corrected chi connectivity index (χ4v) is 3.24. The Kier molecular flexibility index (Phi) is 5.19. The van der Waals surface area contributed by atoms with Crippen LogP contribution in [0.2, 0.25) is 0 Å². The van der Waals surface area contributed by atoms with Gasteiger partial charge in [0.15, 0.2) is 0 Å². The molecule has 30 heavy (non-hydrogen) atoms. The Labute approximate surface area is 170 Å². The summed E-state index contributed by atoms with van der Waals surface area (Å²) in [6.45, 7) is 2.95. The smallest absolute Gasteiger partial charge is 0.471 e. The third kappa shape index (κ3) is 4.29. The first-order valence-corrected chi connectivity index (χ1v) is 9.33. The van der Waals surface area contributed by atoms with Crippen LogP contribution in [-0.4, -0.2) is 40.1 Å². The van der Waals surface area contributed by atoms with E-state index in [1.807, 2.05) is 19.1 Å². The van der Waals surface area contributed by atoms with Crippen LogP contribution >= 0.6 is 0 Å². The number of benzene rings is 2. The maximum Gasteiger partial charge on any atom is 0.471 e. The number of alkyl halides is 3. The van der Waals surface area contributed by atoms with Gasteiger partial charge >= 0.3 is 12.1 Å². The number of rotatable bonds is 4. The molecule has 2 aromatic carbocycles. The lowest BCUT2D eigenvalue weighted by Gasteiger charge is -2.17. The molecule has 0 spiro atoms. The Hall–Kier alpha value is -3.36. The maximum atomic E-state index is 12.7. The molecule has 0 radical (unpaired) electrons. The van der Waals surface area contributed by atoms with Crippen LogP contribution in [0.15, 0.2) is 53.1 Å². The molecule has 2 heterocycles. The van der Waals surface area contributed by atoms with Crippen molar-refractivity contribution in [2.75, 3.05) is 13.1 Å². The molecule has 1 aromatic heterocycles. The summed E-state index contributed by atoms with van der Waals surface area (Å²) < 4.78 is 48.2. The van der Waals surface area contributed by atoms with Crippen molar-refractivity contribution in [3.05, 3.63) is 65.5 Å². The quantitative estimate of drug-likeness (QED) is 0.631. The molecule has 0 bridgehead atoms. The lowest BCUT2D eigenvalue weighted by atomic mass is 10.1. The van der Waals surface area contributed by atoms with Crippen molar-refractivity contribution in [2.45, 2.75) is 25.6 Å². The van der Waals surface area contributed by atoms with Crippen molar-refractivity contribution < 1.29 is 27.2 Å². The summed E-state index contributed by atoms with van der Waals surface area (Å²) in [5.41, 5.74) is 2.05. The van der Waals surface area contributed by atoms with Gasteiger partial charge in [-0.05, 0) is 31.2 Å². The van der Waals surface area contributed by atoms with Crippen LogP contribution in [0.25, 0.3) is 11.4 Å². The topological polar surface area (TPSA) is 68.5 Å². The zero-order chi connectivity index (χ0) is 21.3. The van der Waals surface area contributed by atoms with Gasteiger partial charge in [-0.25, -0.2) is 0 Å². The summed E-state index contributed by atoms with van der Waals surface area (Å²) in [4.78, 5) is 17.7. The molecule has 1 saturated heterocycles. The molecule has 1 atom stereocenters. The minimum Gasteiger partial charge on any atom is -0.488 e. The molecule has 1 fully saturated rings. The van der Waals surface area contributed by atoms with Crippen LogP contribution in [0.4, 0.5) is 13.2 Å². The molecule has 0 aliphatic carbocycles. The zero-order valence-corrected chi connectivity index (χ0v) is 16.0. The number of aryl methyl sites for hydroxylation is 1. The Balaban J connectivity index is 1.42. The third-order valence-corrected chi connectivity index (χ3v) is 4.79. The summed E-state index contributed by atoms with van der Waals surface area (Å²) in [6, 6.07) is 13.8. The first-order chi connectivity index (χ1) is 14.3. The van der Waals surface area contributed by atoms with Crippen LogP contribution in [0, 0.1) is 6.92 Å². The van der Waals surface area contributed by atoms with Gasteiger partial charge in [-0.2, -0.15) is 18.2 Å². The largest absolute Gasteiger partial charge is 0.488 e. The molecule has 156 valence electrons. The lowest BCUT2D eigenvalue weighted by Crippen LogP contribution is -2.30. The summed E-state index contributed by atoms with van der Waals surface area (Å²) in [6.07, 6.45) is -4.26. The van der Waals surface area contributed by atoms with E-state index in [0.29, 0.717) is 36.4 Å².